The summed E-state index contributed by atoms with van der Waals surface area (Å²) in [7, 11) is 0. The van der Waals surface area contributed by atoms with E-state index >= 15 is 0 Å². The fourth-order valence-electron chi connectivity index (χ4n) is 2.61. The molecule has 26 heavy (non-hydrogen) atoms. The van der Waals surface area contributed by atoms with Crippen LogP contribution in [0.3, 0.4) is 0 Å². The van der Waals surface area contributed by atoms with Gasteiger partial charge in [0, 0.05) is 29.1 Å². The van der Waals surface area contributed by atoms with Crippen molar-refractivity contribution in [3.05, 3.63) is 72.3 Å². The van der Waals surface area contributed by atoms with E-state index in [0.29, 0.717) is 11.4 Å². The molecule has 0 saturated carbocycles. The summed E-state index contributed by atoms with van der Waals surface area (Å²) in [5, 5.41) is 17.7. The lowest BCUT2D eigenvalue weighted by Crippen LogP contribution is -2.13. The number of hydrogen-bond acceptors (Lipinski definition) is 5. The molecule has 0 aliphatic carbocycles. The number of H-pyrrole nitrogens is 1. The third kappa shape index (κ3) is 2.95. The first kappa shape index (κ1) is 15.7. The predicted octanol–water partition coefficient (Wildman–Crippen LogP) is 2.61. The van der Waals surface area contributed by atoms with E-state index in [9.17, 15) is 4.79 Å². The number of anilines is 1. The van der Waals surface area contributed by atoms with Crippen molar-refractivity contribution < 1.29 is 4.79 Å². The van der Waals surface area contributed by atoms with Gasteiger partial charge in [0.1, 0.15) is 5.82 Å². The van der Waals surface area contributed by atoms with Gasteiger partial charge in [0.2, 0.25) is 0 Å². The van der Waals surface area contributed by atoms with Gasteiger partial charge in [-0.1, -0.05) is 5.21 Å². The molecule has 0 unspecified atom stereocenters. The minimum atomic E-state index is -0.219. The molecule has 0 bridgehead atoms. The van der Waals surface area contributed by atoms with Crippen molar-refractivity contribution >= 4 is 11.7 Å². The van der Waals surface area contributed by atoms with Crippen LogP contribution in [-0.4, -0.2) is 36.1 Å². The first-order valence-corrected chi connectivity index (χ1v) is 7.96. The van der Waals surface area contributed by atoms with Gasteiger partial charge >= 0.3 is 0 Å². The van der Waals surface area contributed by atoms with Gasteiger partial charge in [-0.3, -0.25) is 14.9 Å². The van der Waals surface area contributed by atoms with Gasteiger partial charge in [0.05, 0.1) is 23.8 Å². The molecule has 3 aromatic heterocycles. The Hall–Kier alpha value is -3.81. The first-order chi connectivity index (χ1) is 12.7. The van der Waals surface area contributed by atoms with E-state index in [0.717, 1.165) is 22.5 Å². The third-order valence-corrected chi connectivity index (χ3v) is 4.02. The highest BCUT2D eigenvalue weighted by Crippen LogP contribution is 2.25. The number of nitrogens with zero attached hydrogens (tertiary/aromatic N) is 5. The molecule has 3 heterocycles. The molecule has 0 aliphatic rings. The number of benzene rings is 1. The molecule has 0 aliphatic heterocycles. The lowest BCUT2D eigenvalue weighted by atomic mass is 10.1. The summed E-state index contributed by atoms with van der Waals surface area (Å²) in [6.07, 6.45) is 6.75. The Labute approximate surface area is 148 Å². The Morgan fingerprint density at radius 1 is 1.08 bits per heavy atom. The van der Waals surface area contributed by atoms with Crippen molar-refractivity contribution in [3.63, 3.8) is 0 Å². The second-order valence-corrected chi connectivity index (χ2v) is 5.66. The summed E-state index contributed by atoms with van der Waals surface area (Å²) in [6, 6.07) is 10.8. The molecule has 8 nitrogen and oxygen atoms in total. The summed E-state index contributed by atoms with van der Waals surface area (Å²) in [5.74, 6) is 0.352. The monoisotopic (exact) mass is 345 g/mol. The molecule has 0 saturated heterocycles. The molecule has 2 N–H and O–H groups in total. The van der Waals surface area contributed by atoms with E-state index in [1.165, 1.54) is 0 Å². The molecular formula is C18H15N7O. The standard InChI is InChI=1S/C18H15N7O/c1-12-16(13-6-8-19-9-7-13)22-23-17(12)21-18(26)14-2-4-15(5-3-14)25-11-10-20-24-25/h2-11H,1H3,(H2,21,22,23,26). The molecule has 0 radical (unpaired) electrons. The highest BCUT2D eigenvalue weighted by atomic mass is 16.1. The minimum Gasteiger partial charge on any atom is -0.307 e. The highest BCUT2D eigenvalue weighted by molar-refractivity contribution is 6.04. The van der Waals surface area contributed by atoms with Crippen molar-refractivity contribution in [1.29, 1.82) is 0 Å². The average Bonchev–Trinajstić information content (AvgIpc) is 3.34. The topological polar surface area (TPSA) is 101 Å². The molecule has 128 valence electrons. The first-order valence-electron chi connectivity index (χ1n) is 7.96. The number of carbonyl (C=O) groups excluding carboxylic acids is 1. The van der Waals surface area contributed by atoms with Gasteiger partial charge in [-0.05, 0) is 43.3 Å². The van der Waals surface area contributed by atoms with Crippen LogP contribution in [0.1, 0.15) is 15.9 Å². The minimum absolute atomic E-state index is 0.219. The smallest absolute Gasteiger partial charge is 0.256 e. The summed E-state index contributed by atoms with van der Waals surface area (Å²) < 4.78 is 1.63. The number of aromatic amines is 1. The van der Waals surface area contributed by atoms with Crippen molar-refractivity contribution in [3.8, 4) is 16.9 Å². The molecule has 0 fully saturated rings. The number of nitrogens with one attached hydrogen (secondary N) is 2. The van der Waals surface area contributed by atoms with Crippen molar-refractivity contribution in [2.75, 3.05) is 5.32 Å². The van der Waals surface area contributed by atoms with Gasteiger partial charge in [-0.25, -0.2) is 4.68 Å². The Morgan fingerprint density at radius 2 is 1.85 bits per heavy atom. The van der Waals surface area contributed by atoms with E-state index in [1.54, 1.807) is 41.6 Å². The maximum Gasteiger partial charge on any atom is 0.256 e. The van der Waals surface area contributed by atoms with Crippen molar-refractivity contribution in [2.24, 2.45) is 0 Å². The molecule has 0 spiro atoms. The summed E-state index contributed by atoms with van der Waals surface area (Å²) in [4.78, 5) is 16.5. The van der Waals surface area contributed by atoms with E-state index < -0.39 is 0 Å². The summed E-state index contributed by atoms with van der Waals surface area (Å²) in [6.45, 7) is 1.91. The van der Waals surface area contributed by atoms with Crippen LogP contribution >= 0.6 is 0 Å². The van der Waals surface area contributed by atoms with Crippen LogP contribution in [0.25, 0.3) is 16.9 Å². The SMILES string of the molecule is Cc1c(-c2ccncc2)n[nH]c1NC(=O)c1ccc(-n2ccnn2)cc1. The van der Waals surface area contributed by atoms with Gasteiger partial charge in [-0.2, -0.15) is 5.10 Å². The largest absolute Gasteiger partial charge is 0.307 e. The van der Waals surface area contributed by atoms with Gasteiger partial charge in [0.25, 0.3) is 5.91 Å². The number of pyridine rings is 1. The fourth-order valence-corrected chi connectivity index (χ4v) is 2.61. The van der Waals surface area contributed by atoms with Crippen LogP contribution in [0.2, 0.25) is 0 Å². The van der Waals surface area contributed by atoms with Gasteiger partial charge in [-0.15, -0.1) is 5.10 Å². The lowest BCUT2D eigenvalue weighted by molar-refractivity contribution is 0.102. The number of carbonyl (C=O) groups is 1. The maximum atomic E-state index is 12.5. The Morgan fingerprint density at radius 3 is 2.54 bits per heavy atom. The molecule has 1 amide bonds. The van der Waals surface area contributed by atoms with Crippen molar-refractivity contribution in [1.82, 2.24) is 30.2 Å². The molecule has 4 aromatic rings. The number of amides is 1. The number of hydrogen-bond donors (Lipinski definition) is 2. The fraction of sp³-hybridized carbons (Fsp3) is 0.0556. The van der Waals surface area contributed by atoms with Crippen LogP contribution in [0.4, 0.5) is 5.82 Å². The zero-order chi connectivity index (χ0) is 17.9. The van der Waals surface area contributed by atoms with Crippen LogP contribution in [0.15, 0.2) is 61.2 Å². The zero-order valence-electron chi connectivity index (χ0n) is 13.9. The number of rotatable bonds is 4. The molecule has 1 aromatic carbocycles. The van der Waals surface area contributed by atoms with E-state index in [-0.39, 0.29) is 5.91 Å². The lowest BCUT2D eigenvalue weighted by Gasteiger charge is -2.06. The van der Waals surface area contributed by atoms with E-state index in [2.05, 4.69) is 30.8 Å². The molecule has 0 atom stereocenters. The van der Waals surface area contributed by atoms with Crippen LogP contribution < -0.4 is 5.32 Å². The van der Waals surface area contributed by atoms with E-state index in [4.69, 9.17) is 0 Å². The third-order valence-electron chi connectivity index (χ3n) is 4.02. The normalized spacial score (nSPS) is 10.7. The van der Waals surface area contributed by atoms with E-state index in [1.807, 2.05) is 31.2 Å². The van der Waals surface area contributed by atoms with Crippen LogP contribution in [0, 0.1) is 6.92 Å². The summed E-state index contributed by atoms with van der Waals surface area (Å²) in [5.41, 5.74) is 3.95. The van der Waals surface area contributed by atoms with Crippen LogP contribution in [0.5, 0.6) is 0 Å². The molecular weight excluding hydrogens is 330 g/mol. The van der Waals surface area contributed by atoms with Gasteiger partial charge < -0.3 is 5.32 Å². The van der Waals surface area contributed by atoms with Gasteiger partial charge in [0.15, 0.2) is 0 Å². The molecule has 8 heteroatoms. The second-order valence-electron chi connectivity index (χ2n) is 5.66. The quantitative estimate of drug-likeness (QED) is 0.592. The van der Waals surface area contributed by atoms with Crippen LogP contribution in [-0.2, 0) is 0 Å². The Balaban J connectivity index is 1.53. The summed E-state index contributed by atoms with van der Waals surface area (Å²) >= 11 is 0. The Bertz CT molecular complexity index is 1020. The van der Waals surface area contributed by atoms with Crippen molar-refractivity contribution in [2.45, 2.75) is 6.92 Å². The number of aromatic nitrogens is 6. The zero-order valence-corrected chi connectivity index (χ0v) is 13.9. The second kappa shape index (κ2) is 6.60. The highest BCUT2D eigenvalue weighted by Gasteiger charge is 2.14. The predicted molar refractivity (Wildman–Crippen MR) is 95.9 cm³/mol. The maximum absolute atomic E-state index is 12.5. The Kier molecular flexibility index (Phi) is 3.98. The molecule has 4 rings (SSSR count). The average molecular weight is 345 g/mol.